The molecule has 3 aromatic heterocycles. The number of alkyl halides is 9. The van der Waals surface area contributed by atoms with Gasteiger partial charge in [-0.2, -0.15) is 39.5 Å². The van der Waals surface area contributed by atoms with Crippen molar-refractivity contribution in [1.29, 1.82) is 0 Å². The van der Waals surface area contributed by atoms with E-state index < -0.39 is 47.8 Å². The van der Waals surface area contributed by atoms with Crippen molar-refractivity contribution in [3.05, 3.63) is 65.9 Å². The Morgan fingerprint density at radius 1 is 0.833 bits per heavy atom. The van der Waals surface area contributed by atoms with E-state index >= 15 is 0 Å². The minimum absolute atomic E-state index is 0.0355. The van der Waals surface area contributed by atoms with Crippen LogP contribution in [-0.4, -0.2) is 32.1 Å². The second kappa shape index (κ2) is 8.68. The minimum atomic E-state index is -5.08. The molecule has 0 aliphatic heterocycles. The Kier molecular flexibility index (Phi) is 6.09. The summed E-state index contributed by atoms with van der Waals surface area (Å²) in [6, 6.07) is 5.38. The van der Waals surface area contributed by atoms with E-state index in [1.54, 1.807) is 13.0 Å². The summed E-state index contributed by atoms with van der Waals surface area (Å²) >= 11 is 0. The average Bonchev–Trinajstić information content (AvgIpc) is 3.19. The fraction of sp³-hybridized carbons (Fsp3) is 0.227. The molecule has 0 unspecified atom stereocenters. The van der Waals surface area contributed by atoms with Gasteiger partial charge in [0.05, 0.1) is 11.3 Å². The number of halogens is 9. The molecule has 0 N–H and O–H groups in total. The standard InChI is InChI=1S/C22H13F9N4O/c1-11-6-13(4-5-32-11)18-19-34-15(8-17(22(29,30)31)35(19)10-33-18)12-2-3-14(21(26,27)28)16(7-12)36-9-20(23,24)25/h2-8,10H,9H2,1H3. The summed E-state index contributed by atoms with van der Waals surface area (Å²) < 4.78 is 124. The smallest absolute Gasteiger partial charge is 0.431 e. The molecular weight excluding hydrogens is 507 g/mol. The number of pyridine rings is 1. The molecule has 1 aromatic carbocycles. The van der Waals surface area contributed by atoms with Crippen LogP contribution in [0.25, 0.3) is 28.2 Å². The van der Waals surface area contributed by atoms with Gasteiger partial charge in [0.25, 0.3) is 0 Å². The van der Waals surface area contributed by atoms with E-state index in [9.17, 15) is 39.5 Å². The molecule has 0 bridgehead atoms. The molecule has 4 aromatic rings. The Balaban J connectivity index is 1.93. The van der Waals surface area contributed by atoms with Crippen LogP contribution in [0.15, 0.2) is 48.9 Å². The molecule has 0 amide bonds. The summed E-state index contributed by atoms with van der Waals surface area (Å²) in [7, 11) is 0. The number of hydrogen-bond acceptors (Lipinski definition) is 4. The van der Waals surface area contributed by atoms with E-state index in [0.29, 0.717) is 33.9 Å². The largest absolute Gasteiger partial charge is 0.483 e. The van der Waals surface area contributed by atoms with Crippen LogP contribution in [0.1, 0.15) is 17.0 Å². The zero-order chi connectivity index (χ0) is 26.5. The van der Waals surface area contributed by atoms with E-state index in [1.807, 2.05) is 0 Å². The van der Waals surface area contributed by atoms with Gasteiger partial charge in [-0.3, -0.25) is 9.38 Å². The van der Waals surface area contributed by atoms with Crippen LogP contribution in [0.4, 0.5) is 39.5 Å². The number of rotatable bonds is 4. The first-order chi connectivity index (χ1) is 16.6. The lowest BCUT2D eigenvalue weighted by Gasteiger charge is -2.17. The molecule has 0 aliphatic rings. The third-order valence-corrected chi connectivity index (χ3v) is 4.94. The number of imidazole rings is 1. The first-order valence-corrected chi connectivity index (χ1v) is 9.93. The molecule has 190 valence electrons. The summed E-state index contributed by atoms with van der Waals surface area (Å²) in [5.74, 6) is -1.20. The highest BCUT2D eigenvalue weighted by Crippen LogP contribution is 2.40. The van der Waals surface area contributed by atoms with Gasteiger partial charge >= 0.3 is 18.5 Å². The van der Waals surface area contributed by atoms with Crippen molar-refractivity contribution in [2.45, 2.75) is 25.5 Å². The van der Waals surface area contributed by atoms with Gasteiger partial charge in [-0.05, 0) is 37.3 Å². The number of aromatic nitrogens is 4. The first-order valence-electron chi connectivity index (χ1n) is 9.93. The van der Waals surface area contributed by atoms with Gasteiger partial charge in [0.1, 0.15) is 23.5 Å². The Labute approximate surface area is 196 Å². The maximum atomic E-state index is 13.9. The Morgan fingerprint density at radius 2 is 1.56 bits per heavy atom. The number of ether oxygens (including phenoxy) is 1. The average molecular weight is 520 g/mol. The van der Waals surface area contributed by atoms with Crippen LogP contribution in [0.2, 0.25) is 0 Å². The number of nitrogens with zero attached hydrogens (tertiary/aromatic N) is 4. The van der Waals surface area contributed by atoms with Gasteiger partial charge in [-0.1, -0.05) is 6.07 Å². The Bertz CT molecular complexity index is 1420. The molecule has 0 saturated heterocycles. The molecule has 0 atom stereocenters. The van der Waals surface area contributed by atoms with E-state index in [4.69, 9.17) is 0 Å². The van der Waals surface area contributed by atoms with E-state index in [1.165, 1.54) is 12.3 Å². The molecule has 5 nitrogen and oxygen atoms in total. The van der Waals surface area contributed by atoms with Crippen molar-refractivity contribution in [1.82, 2.24) is 19.4 Å². The van der Waals surface area contributed by atoms with Crippen molar-refractivity contribution in [3.8, 4) is 28.3 Å². The summed E-state index contributed by atoms with van der Waals surface area (Å²) in [4.78, 5) is 12.2. The molecular formula is C22H13F9N4O. The summed E-state index contributed by atoms with van der Waals surface area (Å²) in [6.45, 7) is -0.388. The van der Waals surface area contributed by atoms with E-state index in [0.717, 1.165) is 12.4 Å². The quantitative estimate of drug-likeness (QED) is 0.280. The second-order valence-corrected chi connectivity index (χ2v) is 7.61. The van der Waals surface area contributed by atoms with Crippen LogP contribution in [0, 0.1) is 6.92 Å². The fourth-order valence-corrected chi connectivity index (χ4v) is 3.43. The van der Waals surface area contributed by atoms with Crippen LogP contribution in [0.5, 0.6) is 5.75 Å². The van der Waals surface area contributed by atoms with Crippen LogP contribution in [-0.2, 0) is 12.4 Å². The molecule has 0 radical (unpaired) electrons. The molecule has 0 aliphatic carbocycles. The predicted octanol–water partition coefficient (Wildman–Crippen LogP) is 6.75. The van der Waals surface area contributed by atoms with Gasteiger partial charge in [0.2, 0.25) is 0 Å². The molecule has 3 heterocycles. The highest BCUT2D eigenvalue weighted by Gasteiger charge is 2.38. The molecule has 0 spiro atoms. The van der Waals surface area contributed by atoms with E-state index in [-0.39, 0.29) is 16.9 Å². The van der Waals surface area contributed by atoms with Gasteiger partial charge in [-0.15, -0.1) is 0 Å². The molecule has 14 heteroatoms. The first kappa shape index (κ1) is 25.3. The lowest BCUT2D eigenvalue weighted by atomic mass is 10.1. The molecule has 36 heavy (non-hydrogen) atoms. The predicted molar refractivity (Wildman–Crippen MR) is 108 cm³/mol. The molecule has 4 rings (SSSR count). The lowest BCUT2D eigenvalue weighted by Crippen LogP contribution is -2.21. The Morgan fingerprint density at radius 3 is 2.17 bits per heavy atom. The van der Waals surface area contributed by atoms with Gasteiger partial charge < -0.3 is 4.74 Å². The number of benzene rings is 1. The van der Waals surface area contributed by atoms with Gasteiger partial charge in [0, 0.05) is 23.0 Å². The van der Waals surface area contributed by atoms with E-state index in [2.05, 4.69) is 19.7 Å². The zero-order valence-corrected chi connectivity index (χ0v) is 17.9. The Hall–Kier alpha value is -3.84. The zero-order valence-electron chi connectivity index (χ0n) is 17.9. The van der Waals surface area contributed by atoms with Crippen molar-refractivity contribution in [2.24, 2.45) is 0 Å². The summed E-state index contributed by atoms with van der Waals surface area (Å²) in [5, 5.41) is 0. The van der Waals surface area contributed by atoms with Crippen molar-refractivity contribution < 1.29 is 44.3 Å². The van der Waals surface area contributed by atoms with Crippen molar-refractivity contribution in [3.63, 3.8) is 0 Å². The van der Waals surface area contributed by atoms with Crippen molar-refractivity contribution in [2.75, 3.05) is 6.61 Å². The van der Waals surface area contributed by atoms with Crippen LogP contribution in [0.3, 0.4) is 0 Å². The second-order valence-electron chi connectivity index (χ2n) is 7.61. The number of aryl methyl sites for hydroxylation is 1. The highest BCUT2D eigenvalue weighted by molar-refractivity contribution is 5.77. The summed E-state index contributed by atoms with van der Waals surface area (Å²) in [6.07, 6.45) is -12.7. The van der Waals surface area contributed by atoms with Gasteiger partial charge in [0.15, 0.2) is 12.3 Å². The lowest BCUT2D eigenvalue weighted by molar-refractivity contribution is -0.158. The molecule has 0 fully saturated rings. The maximum absolute atomic E-state index is 13.9. The maximum Gasteiger partial charge on any atom is 0.431 e. The normalized spacial score (nSPS) is 12.8. The van der Waals surface area contributed by atoms with Crippen LogP contribution >= 0.6 is 0 Å². The highest BCUT2D eigenvalue weighted by atomic mass is 19.4. The third-order valence-electron chi connectivity index (χ3n) is 4.94. The number of fused-ring (bicyclic) bond motifs is 1. The van der Waals surface area contributed by atoms with Gasteiger partial charge in [-0.25, -0.2) is 9.97 Å². The number of hydrogen-bond donors (Lipinski definition) is 0. The molecule has 0 saturated carbocycles. The van der Waals surface area contributed by atoms with Crippen LogP contribution < -0.4 is 4.74 Å². The SMILES string of the molecule is Cc1cc(-c2ncn3c(C(F)(F)F)cc(-c4ccc(C(F)(F)F)c(OCC(F)(F)F)c4)nc23)ccn1. The fourth-order valence-electron chi connectivity index (χ4n) is 3.43. The third kappa shape index (κ3) is 5.21. The topological polar surface area (TPSA) is 52.3 Å². The monoisotopic (exact) mass is 520 g/mol. The minimum Gasteiger partial charge on any atom is -0.483 e. The summed E-state index contributed by atoms with van der Waals surface area (Å²) in [5.41, 5.74) is -2.87. The van der Waals surface area contributed by atoms with Crippen molar-refractivity contribution >= 4 is 5.65 Å².